The second kappa shape index (κ2) is 5.47. The molecule has 1 aliphatic carbocycles. The lowest BCUT2D eigenvalue weighted by Gasteiger charge is -2.27. The van der Waals surface area contributed by atoms with Crippen LogP contribution in [0.4, 0.5) is 0 Å². The van der Waals surface area contributed by atoms with E-state index in [0.717, 1.165) is 25.7 Å². The maximum Gasteiger partial charge on any atom is 0.237 e. The predicted molar refractivity (Wildman–Crippen MR) is 59.2 cm³/mol. The molecule has 4 nitrogen and oxygen atoms in total. The van der Waals surface area contributed by atoms with Gasteiger partial charge in [0.2, 0.25) is 5.91 Å². The predicted octanol–water partition coefficient (Wildman–Crippen LogP) is 0.389. The van der Waals surface area contributed by atoms with Gasteiger partial charge < -0.3 is 16.2 Å². The minimum atomic E-state index is -0.420. The lowest BCUT2D eigenvalue weighted by Crippen LogP contribution is -2.48. The van der Waals surface area contributed by atoms with Gasteiger partial charge in [-0.1, -0.05) is 13.8 Å². The van der Waals surface area contributed by atoms with Crippen molar-refractivity contribution in [3.63, 3.8) is 0 Å². The fourth-order valence-electron chi connectivity index (χ4n) is 1.82. The summed E-state index contributed by atoms with van der Waals surface area (Å²) in [4.78, 5) is 11.6. The van der Waals surface area contributed by atoms with Crippen molar-refractivity contribution in [2.24, 2.45) is 11.7 Å². The summed E-state index contributed by atoms with van der Waals surface area (Å²) in [6, 6.07) is -0.220. The number of carbonyl (C=O) groups excluding carboxylic acids is 1. The number of rotatable bonds is 3. The fourth-order valence-corrected chi connectivity index (χ4v) is 1.82. The van der Waals surface area contributed by atoms with E-state index in [4.69, 9.17) is 5.73 Å². The van der Waals surface area contributed by atoms with Gasteiger partial charge in [-0.2, -0.15) is 0 Å². The third-order valence-corrected chi connectivity index (χ3v) is 3.06. The summed E-state index contributed by atoms with van der Waals surface area (Å²) in [6.07, 6.45) is 3.09. The molecule has 4 heteroatoms. The molecule has 1 fully saturated rings. The van der Waals surface area contributed by atoms with Crippen molar-refractivity contribution in [1.82, 2.24) is 5.32 Å². The van der Waals surface area contributed by atoms with Crippen LogP contribution in [0.25, 0.3) is 0 Å². The van der Waals surface area contributed by atoms with E-state index in [-0.39, 0.29) is 24.0 Å². The van der Waals surface area contributed by atoms with Crippen LogP contribution < -0.4 is 11.1 Å². The number of carbonyl (C=O) groups is 1. The highest BCUT2D eigenvalue weighted by Crippen LogP contribution is 2.18. The van der Waals surface area contributed by atoms with Crippen LogP contribution in [-0.4, -0.2) is 29.2 Å². The first-order valence-corrected chi connectivity index (χ1v) is 5.74. The van der Waals surface area contributed by atoms with E-state index in [0.29, 0.717) is 0 Å². The third-order valence-electron chi connectivity index (χ3n) is 3.06. The fraction of sp³-hybridized carbons (Fsp3) is 0.909. The summed E-state index contributed by atoms with van der Waals surface area (Å²) in [5, 5.41) is 12.3. The van der Waals surface area contributed by atoms with Crippen molar-refractivity contribution in [2.45, 2.75) is 57.7 Å². The molecule has 0 bridgehead atoms. The zero-order valence-corrected chi connectivity index (χ0v) is 9.57. The summed E-state index contributed by atoms with van der Waals surface area (Å²) in [5.41, 5.74) is 5.74. The van der Waals surface area contributed by atoms with E-state index >= 15 is 0 Å². The van der Waals surface area contributed by atoms with E-state index < -0.39 is 6.04 Å². The molecule has 1 aliphatic rings. The Balaban J connectivity index is 2.32. The lowest BCUT2D eigenvalue weighted by atomic mass is 9.92. The van der Waals surface area contributed by atoms with Crippen LogP contribution in [-0.2, 0) is 4.79 Å². The van der Waals surface area contributed by atoms with Crippen molar-refractivity contribution in [2.75, 3.05) is 0 Å². The zero-order chi connectivity index (χ0) is 11.4. The third kappa shape index (κ3) is 3.80. The molecule has 1 amide bonds. The van der Waals surface area contributed by atoms with Crippen LogP contribution >= 0.6 is 0 Å². The number of amides is 1. The van der Waals surface area contributed by atoms with Gasteiger partial charge in [-0.15, -0.1) is 0 Å². The number of nitrogens with one attached hydrogen (secondary N) is 1. The number of nitrogens with two attached hydrogens (primary N) is 1. The quantitative estimate of drug-likeness (QED) is 0.636. The van der Waals surface area contributed by atoms with Gasteiger partial charge in [0.15, 0.2) is 0 Å². The molecule has 0 heterocycles. The number of hydrogen-bond acceptors (Lipinski definition) is 3. The molecule has 0 aliphatic heterocycles. The maximum absolute atomic E-state index is 11.6. The average molecular weight is 214 g/mol. The van der Waals surface area contributed by atoms with Crippen molar-refractivity contribution < 1.29 is 9.90 Å². The Labute approximate surface area is 91.2 Å². The molecular weight excluding hydrogens is 192 g/mol. The number of aliphatic hydroxyl groups is 1. The van der Waals surface area contributed by atoms with Gasteiger partial charge in [0, 0.05) is 6.04 Å². The second-order valence-electron chi connectivity index (χ2n) is 4.78. The standard InChI is InChI=1S/C11H22N2O2/c1-7(2)10(12)11(15)13-8-3-5-9(14)6-4-8/h7-10,14H,3-6,12H2,1-2H3,(H,13,15). The molecule has 88 valence electrons. The average Bonchev–Trinajstić information content (AvgIpc) is 2.20. The lowest BCUT2D eigenvalue weighted by molar-refractivity contribution is -0.124. The monoisotopic (exact) mass is 214 g/mol. The largest absolute Gasteiger partial charge is 0.393 e. The molecule has 1 unspecified atom stereocenters. The van der Waals surface area contributed by atoms with Crippen molar-refractivity contribution >= 4 is 5.91 Å². The first kappa shape index (κ1) is 12.5. The zero-order valence-electron chi connectivity index (χ0n) is 9.57. The highest BCUT2D eigenvalue weighted by molar-refractivity contribution is 5.82. The molecule has 0 aromatic rings. The van der Waals surface area contributed by atoms with Crippen molar-refractivity contribution in [3.8, 4) is 0 Å². The Bertz CT molecular complexity index is 211. The van der Waals surface area contributed by atoms with Gasteiger partial charge in [-0.3, -0.25) is 4.79 Å². The highest BCUT2D eigenvalue weighted by atomic mass is 16.3. The normalized spacial score (nSPS) is 28.9. The minimum absolute atomic E-state index is 0.0635. The van der Waals surface area contributed by atoms with Gasteiger partial charge in [0.1, 0.15) is 0 Å². The number of hydrogen-bond donors (Lipinski definition) is 3. The van der Waals surface area contributed by atoms with Gasteiger partial charge in [-0.05, 0) is 31.6 Å². The SMILES string of the molecule is CC(C)C(N)C(=O)NC1CCC(O)CC1. The Morgan fingerprint density at radius 2 is 1.87 bits per heavy atom. The Kier molecular flexibility index (Phi) is 4.54. The van der Waals surface area contributed by atoms with E-state index in [1.807, 2.05) is 13.8 Å². The van der Waals surface area contributed by atoms with Gasteiger partial charge >= 0.3 is 0 Å². The summed E-state index contributed by atoms with van der Waals surface area (Å²) >= 11 is 0. The van der Waals surface area contributed by atoms with Crippen LogP contribution in [0, 0.1) is 5.92 Å². The smallest absolute Gasteiger partial charge is 0.237 e. The van der Waals surface area contributed by atoms with E-state index in [9.17, 15) is 9.90 Å². The topological polar surface area (TPSA) is 75.4 Å². The van der Waals surface area contributed by atoms with E-state index in [2.05, 4.69) is 5.32 Å². The van der Waals surface area contributed by atoms with Crippen molar-refractivity contribution in [1.29, 1.82) is 0 Å². The molecule has 1 rings (SSSR count). The molecule has 0 saturated heterocycles. The van der Waals surface area contributed by atoms with Gasteiger partial charge in [0.05, 0.1) is 12.1 Å². The summed E-state index contributed by atoms with van der Waals surface area (Å²) in [6.45, 7) is 3.88. The summed E-state index contributed by atoms with van der Waals surface area (Å²) in [7, 11) is 0. The van der Waals surface area contributed by atoms with Crippen molar-refractivity contribution in [3.05, 3.63) is 0 Å². The Morgan fingerprint density at radius 1 is 1.33 bits per heavy atom. The summed E-state index contributed by atoms with van der Waals surface area (Å²) in [5.74, 6) is 0.102. The Hall–Kier alpha value is -0.610. The highest BCUT2D eigenvalue weighted by Gasteiger charge is 2.24. The first-order valence-electron chi connectivity index (χ1n) is 5.74. The first-order chi connectivity index (χ1) is 7.00. The molecule has 1 atom stereocenters. The van der Waals surface area contributed by atoms with Crippen LogP contribution in [0.2, 0.25) is 0 Å². The van der Waals surface area contributed by atoms with Gasteiger partial charge in [0.25, 0.3) is 0 Å². The van der Waals surface area contributed by atoms with Crippen LogP contribution in [0.15, 0.2) is 0 Å². The maximum atomic E-state index is 11.6. The molecular formula is C11H22N2O2. The van der Waals surface area contributed by atoms with E-state index in [1.165, 1.54) is 0 Å². The minimum Gasteiger partial charge on any atom is -0.393 e. The van der Waals surface area contributed by atoms with E-state index in [1.54, 1.807) is 0 Å². The van der Waals surface area contributed by atoms with Crippen LogP contribution in [0.1, 0.15) is 39.5 Å². The molecule has 15 heavy (non-hydrogen) atoms. The molecule has 1 saturated carbocycles. The molecule has 0 aromatic heterocycles. The molecule has 4 N–H and O–H groups in total. The molecule has 0 aromatic carbocycles. The summed E-state index contributed by atoms with van der Waals surface area (Å²) < 4.78 is 0. The second-order valence-corrected chi connectivity index (χ2v) is 4.78. The Morgan fingerprint density at radius 3 is 2.33 bits per heavy atom. The number of aliphatic hydroxyl groups excluding tert-OH is 1. The van der Waals surface area contributed by atoms with Gasteiger partial charge in [-0.25, -0.2) is 0 Å². The molecule has 0 spiro atoms. The van der Waals surface area contributed by atoms with Crippen LogP contribution in [0.5, 0.6) is 0 Å². The van der Waals surface area contributed by atoms with Crippen LogP contribution in [0.3, 0.4) is 0 Å². The molecule has 0 radical (unpaired) electrons.